The van der Waals surface area contributed by atoms with Gasteiger partial charge < -0.3 is 38.6 Å². The van der Waals surface area contributed by atoms with Crippen molar-refractivity contribution >= 4 is 38.8 Å². The van der Waals surface area contributed by atoms with Gasteiger partial charge in [0, 0.05) is 44.9 Å². The van der Waals surface area contributed by atoms with Gasteiger partial charge in [0.2, 0.25) is 11.8 Å². The molecule has 276 valence electrons. The van der Waals surface area contributed by atoms with Crippen LogP contribution in [-0.4, -0.2) is 109 Å². The zero-order valence-electron chi connectivity index (χ0n) is 30.2. The molecule has 0 aliphatic carbocycles. The minimum absolute atomic E-state index is 0.159. The van der Waals surface area contributed by atoms with E-state index in [0.717, 1.165) is 71.5 Å². The van der Waals surface area contributed by atoms with Gasteiger partial charge in [-0.25, -0.2) is 29.9 Å². The number of methoxy groups -OCH3 is 3. The Hall–Kier alpha value is -5.44. The molecular weight excluding hydrogens is 676 g/mol. The van der Waals surface area contributed by atoms with Crippen molar-refractivity contribution in [2.75, 3.05) is 65.6 Å². The molecule has 3 aromatic heterocycles. The van der Waals surface area contributed by atoms with Gasteiger partial charge in [-0.3, -0.25) is 0 Å². The van der Waals surface area contributed by atoms with Gasteiger partial charge in [-0.1, -0.05) is 24.3 Å². The number of benzene rings is 3. The fraction of sp³-hybridized carbons (Fsp3) is 0.385. The van der Waals surface area contributed by atoms with Crippen molar-refractivity contribution in [1.29, 1.82) is 0 Å². The van der Waals surface area contributed by atoms with Gasteiger partial charge in [0.25, 0.3) is 0 Å². The van der Waals surface area contributed by atoms with Crippen LogP contribution in [0.3, 0.4) is 0 Å². The number of rotatable bonds is 8. The first kappa shape index (κ1) is 35.9. The molecular formula is C39H44N8O6. The van der Waals surface area contributed by atoms with Crippen molar-refractivity contribution in [3.8, 4) is 23.3 Å². The predicted octanol–water partition coefficient (Wildman–Crippen LogP) is 5.04. The van der Waals surface area contributed by atoms with E-state index < -0.39 is 0 Å². The summed E-state index contributed by atoms with van der Waals surface area (Å²) in [5.41, 5.74) is 4.17. The molecule has 0 amide bonds. The molecule has 3 aromatic carbocycles. The molecule has 0 radical (unpaired) electrons. The Bertz CT molecular complexity index is 2100. The minimum Gasteiger partial charge on any atom is -0.493 e. The second-order valence-electron chi connectivity index (χ2n) is 12.7. The first-order valence-corrected chi connectivity index (χ1v) is 17.8. The Morgan fingerprint density at radius 1 is 0.698 bits per heavy atom. The van der Waals surface area contributed by atoms with Crippen molar-refractivity contribution < 1.29 is 28.4 Å². The van der Waals surface area contributed by atoms with E-state index in [1.165, 1.54) is 12.8 Å². The Morgan fingerprint density at radius 2 is 1.32 bits per heavy atom. The molecule has 1 N–H and O–H groups in total. The summed E-state index contributed by atoms with van der Waals surface area (Å²) in [5, 5.41) is 4.12. The standard InChI is InChI=1S/C23H23N5O4.C12H13N3O.C4H8O/c1-29-18-8-14-17(9-19(18)30-2)25-13-26-23(14)28-11-20(31-3)21(12-28)32-22-10-24-15-6-4-5-7-16(15)27-22;1-2-4-11-10(3-1)14-8-12(15-11)16-9-5-6-13-7-9;1-2-4-5-3-1/h4-10,13,20-21H,11-12H2,1-3H3;1-4,8-9,13H,5-7H2;1-4H2. The molecule has 53 heavy (non-hydrogen) atoms. The lowest BCUT2D eigenvalue weighted by Crippen LogP contribution is -2.32. The molecule has 9 rings (SSSR count). The third kappa shape index (κ3) is 8.79. The number of hydrogen-bond donors (Lipinski definition) is 1. The molecule has 3 aliphatic heterocycles. The number of ether oxygens (including phenoxy) is 6. The van der Waals surface area contributed by atoms with Crippen molar-refractivity contribution in [1.82, 2.24) is 35.2 Å². The van der Waals surface area contributed by atoms with Gasteiger partial charge in [0.1, 0.15) is 30.5 Å². The van der Waals surface area contributed by atoms with Crippen LogP contribution in [0.5, 0.6) is 23.3 Å². The first-order valence-electron chi connectivity index (χ1n) is 17.8. The lowest BCUT2D eigenvalue weighted by molar-refractivity contribution is 0.0325. The Balaban J connectivity index is 0.000000170. The Kier molecular flexibility index (Phi) is 11.8. The zero-order chi connectivity index (χ0) is 36.4. The van der Waals surface area contributed by atoms with Crippen LogP contribution in [0.25, 0.3) is 33.0 Å². The SMILES string of the molecule is C1CCOC1.COc1cc2ncnc(N3CC(OC)C(Oc4cnc5ccccc5n4)C3)c2cc1OC.c1ccc2nc(OC3CCNC3)cnc2c1. The molecule has 0 spiro atoms. The highest BCUT2D eigenvalue weighted by Crippen LogP contribution is 2.36. The molecule has 3 atom stereocenters. The van der Waals surface area contributed by atoms with E-state index in [9.17, 15) is 0 Å². The summed E-state index contributed by atoms with van der Waals surface area (Å²) in [5.74, 6) is 3.12. The van der Waals surface area contributed by atoms with E-state index >= 15 is 0 Å². The molecule has 14 heteroatoms. The Morgan fingerprint density at radius 3 is 1.91 bits per heavy atom. The largest absolute Gasteiger partial charge is 0.493 e. The number of nitrogens with one attached hydrogen (secondary N) is 1. The zero-order valence-corrected chi connectivity index (χ0v) is 30.2. The molecule has 14 nitrogen and oxygen atoms in total. The van der Waals surface area contributed by atoms with Gasteiger partial charge in [-0.15, -0.1) is 0 Å². The van der Waals surface area contributed by atoms with Gasteiger partial charge >= 0.3 is 0 Å². The molecule has 6 heterocycles. The summed E-state index contributed by atoms with van der Waals surface area (Å²) in [4.78, 5) is 28.8. The predicted molar refractivity (Wildman–Crippen MR) is 201 cm³/mol. The van der Waals surface area contributed by atoms with E-state index in [1.807, 2.05) is 60.7 Å². The normalized spacial score (nSPS) is 19.4. The van der Waals surface area contributed by atoms with E-state index in [4.69, 9.17) is 28.4 Å². The van der Waals surface area contributed by atoms with Crippen LogP contribution in [0, 0.1) is 0 Å². The summed E-state index contributed by atoms with van der Waals surface area (Å²) < 4.78 is 33.5. The second-order valence-corrected chi connectivity index (χ2v) is 12.7. The number of fused-ring (bicyclic) bond motifs is 3. The Labute approximate surface area is 307 Å². The van der Waals surface area contributed by atoms with E-state index in [2.05, 4.69) is 40.1 Å². The molecule has 3 aliphatic rings. The number of nitrogens with zero attached hydrogens (tertiary/aromatic N) is 7. The molecule has 3 saturated heterocycles. The van der Waals surface area contributed by atoms with Crippen LogP contribution in [0.4, 0.5) is 5.82 Å². The molecule has 6 aromatic rings. The first-order chi connectivity index (χ1) is 26.1. The fourth-order valence-corrected chi connectivity index (χ4v) is 6.44. The minimum atomic E-state index is -0.236. The van der Waals surface area contributed by atoms with Crippen LogP contribution in [0.1, 0.15) is 19.3 Å². The summed E-state index contributed by atoms with van der Waals surface area (Å²) in [6, 6.07) is 19.3. The van der Waals surface area contributed by atoms with E-state index in [0.29, 0.717) is 36.3 Å². The van der Waals surface area contributed by atoms with Crippen LogP contribution in [0.2, 0.25) is 0 Å². The van der Waals surface area contributed by atoms with E-state index in [1.54, 1.807) is 40.1 Å². The summed E-state index contributed by atoms with van der Waals surface area (Å²) >= 11 is 0. The van der Waals surface area contributed by atoms with Crippen molar-refractivity contribution in [3.63, 3.8) is 0 Å². The average molecular weight is 721 g/mol. The van der Waals surface area contributed by atoms with Gasteiger partial charge in [-0.05, 0) is 56.1 Å². The van der Waals surface area contributed by atoms with Crippen LogP contribution >= 0.6 is 0 Å². The molecule has 3 unspecified atom stereocenters. The maximum atomic E-state index is 6.20. The van der Waals surface area contributed by atoms with Crippen molar-refractivity contribution in [2.24, 2.45) is 0 Å². The number of hydrogen-bond acceptors (Lipinski definition) is 14. The van der Waals surface area contributed by atoms with Gasteiger partial charge in [-0.2, -0.15) is 0 Å². The van der Waals surface area contributed by atoms with Crippen LogP contribution in [0.15, 0.2) is 79.4 Å². The quantitative estimate of drug-likeness (QED) is 0.224. The second kappa shape index (κ2) is 17.4. The third-order valence-corrected chi connectivity index (χ3v) is 9.19. The summed E-state index contributed by atoms with van der Waals surface area (Å²) in [6.45, 7) is 5.11. The van der Waals surface area contributed by atoms with Crippen molar-refractivity contribution in [2.45, 2.75) is 37.6 Å². The number of anilines is 1. The fourth-order valence-electron chi connectivity index (χ4n) is 6.44. The topological polar surface area (TPSA) is 148 Å². The van der Waals surface area contributed by atoms with Crippen LogP contribution < -0.4 is 29.2 Å². The lowest BCUT2D eigenvalue weighted by atomic mass is 10.2. The highest BCUT2D eigenvalue weighted by atomic mass is 16.5. The maximum absolute atomic E-state index is 6.20. The smallest absolute Gasteiger partial charge is 0.233 e. The molecule has 3 fully saturated rings. The highest BCUT2D eigenvalue weighted by Gasteiger charge is 2.36. The molecule has 0 bridgehead atoms. The van der Waals surface area contributed by atoms with E-state index in [-0.39, 0.29) is 18.3 Å². The average Bonchev–Trinajstić information content (AvgIpc) is 4.03. The number of aromatic nitrogens is 6. The number of para-hydroxylation sites is 4. The summed E-state index contributed by atoms with van der Waals surface area (Å²) in [7, 11) is 4.90. The van der Waals surface area contributed by atoms with Gasteiger partial charge in [0.05, 0.1) is 60.7 Å². The monoisotopic (exact) mass is 720 g/mol. The highest BCUT2D eigenvalue weighted by molar-refractivity contribution is 5.92. The van der Waals surface area contributed by atoms with Gasteiger partial charge in [0.15, 0.2) is 11.5 Å². The summed E-state index contributed by atoms with van der Waals surface area (Å²) in [6.07, 6.45) is 8.32. The lowest BCUT2D eigenvalue weighted by Gasteiger charge is -2.19. The van der Waals surface area contributed by atoms with Crippen LogP contribution in [-0.2, 0) is 9.47 Å². The van der Waals surface area contributed by atoms with Crippen molar-refractivity contribution in [3.05, 3.63) is 79.4 Å². The third-order valence-electron chi connectivity index (χ3n) is 9.19. The molecule has 0 saturated carbocycles. The maximum Gasteiger partial charge on any atom is 0.233 e.